The van der Waals surface area contributed by atoms with E-state index in [9.17, 15) is 9.90 Å². The first-order chi connectivity index (χ1) is 10.1. The molecular weight excluding hydrogens is 282 g/mol. The van der Waals surface area contributed by atoms with Crippen LogP contribution >= 0.6 is 11.3 Å². The second-order valence-corrected chi connectivity index (χ2v) is 6.21. The number of likely N-dealkylation sites (N-methyl/N-ethyl adjacent to an activating group) is 1. The molecule has 112 valence electrons. The topological polar surface area (TPSA) is 40.5 Å². The van der Waals surface area contributed by atoms with Gasteiger partial charge < -0.3 is 10.0 Å². The molecule has 0 saturated carbocycles. The summed E-state index contributed by atoms with van der Waals surface area (Å²) in [4.78, 5) is 14.7. The van der Waals surface area contributed by atoms with Crippen LogP contribution in [0.25, 0.3) is 0 Å². The summed E-state index contributed by atoms with van der Waals surface area (Å²) >= 11 is 1.51. The average Bonchev–Trinajstić information content (AvgIpc) is 3.00. The van der Waals surface area contributed by atoms with Crippen molar-refractivity contribution in [2.45, 2.75) is 25.9 Å². The lowest BCUT2D eigenvalue weighted by molar-refractivity contribution is -0.131. The van der Waals surface area contributed by atoms with E-state index in [0.717, 1.165) is 11.3 Å². The number of aryl methyl sites for hydroxylation is 2. The number of carbonyl (C=O) groups excluding carboxylic acids is 1. The second-order valence-electron chi connectivity index (χ2n) is 5.23. The molecule has 1 amide bonds. The maximum atomic E-state index is 12.2. The summed E-state index contributed by atoms with van der Waals surface area (Å²) in [6.07, 6.45) is 0.612. The molecule has 1 aromatic heterocycles. The van der Waals surface area contributed by atoms with E-state index in [-0.39, 0.29) is 5.91 Å². The first-order valence-corrected chi connectivity index (χ1v) is 7.96. The summed E-state index contributed by atoms with van der Waals surface area (Å²) in [5.74, 6) is 0.0638. The van der Waals surface area contributed by atoms with Gasteiger partial charge >= 0.3 is 0 Å². The monoisotopic (exact) mass is 303 g/mol. The number of hydrogen-bond donors (Lipinski definition) is 1. The van der Waals surface area contributed by atoms with Crippen molar-refractivity contribution < 1.29 is 9.90 Å². The summed E-state index contributed by atoms with van der Waals surface area (Å²) in [5, 5.41) is 12.0. The number of benzene rings is 1. The Kier molecular flexibility index (Phi) is 5.53. The Morgan fingerprint density at radius 2 is 2.05 bits per heavy atom. The van der Waals surface area contributed by atoms with Crippen molar-refractivity contribution in [3.8, 4) is 0 Å². The molecule has 0 bridgehead atoms. The molecule has 2 rings (SSSR count). The van der Waals surface area contributed by atoms with Gasteiger partial charge in [0.25, 0.3) is 0 Å². The molecule has 3 nitrogen and oxygen atoms in total. The van der Waals surface area contributed by atoms with Gasteiger partial charge in [-0.2, -0.15) is 0 Å². The highest BCUT2D eigenvalue weighted by Crippen LogP contribution is 2.19. The average molecular weight is 303 g/mol. The predicted octanol–water partition coefficient (Wildman–Crippen LogP) is 3.18. The Morgan fingerprint density at radius 3 is 2.71 bits per heavy atom. The summed E-state index contributed by atoms with van der Waals surface area (Å²) in [6, 6.07) is 11.9. The van der Waals surface area contributed by atoms with Crippen molar-refractivity contribution in [1.29, 1.82) is 0 Å². The predicted molar refractivity (Wildman–Crippen MR) is 86.4 cm³/mol. The fourth-order valence-corrected chi connectivity index (χ4v) is 2.96. The number of aliphatic hydroxyl groups is 1. The molecule has 1 heterocycles. The molecule has 1 unspecified atom stereocenters. The van der Waals surface area contributed by atoms with Crippen LogP contribution in [0.1, 0.15) is 28.5 Å². The molecule has 0 aliphatic rings. The van der Waals surface area contributed by atoms with Gasteiger partial charge in [0.15, 0.2) is 0 Å². The van der Waals surface area contributed by atoms with Crippen molar-refractivity contribution in [2.75, 3.05) is 13.6 Å². The zero-order valence-corrected chi connectivity index (χ0v) is 13.3. The molecule has 0 radical (unpaired) electrons. The fourth-order valence-electron chi connectivity index (χ4n) is 2.26. The van der Waals surface area contributed by atoms with E-state index in [4.69, 9.17) is 0 Å². The van der Waals surface area contributed by atoms with E-state index in [1.54, 1.807) is 11.9 Å². The van der Waals surface area contributed by atoms with E-state index in [2.05, 4.69) is 19.1 Å². The van der Waals surface area contributed by atoms with Crippen molar-refractivity contribution in [2.24, 2.45) is 0 Å². The summed E-state index contributed by atoms with van der Waals surface area (Å²) in [6.45, 7) is 2.40. The van der Waals surface area contributed by atoms with Crippen LogP contribution in [0, 0.1) is 6.92 Å². The normalized spacial score (nSPS) is 12.1. The van der Waals surface area contributed by atoms with E-state index < -0.39 is 6.10 Å². The number of rotatable bonds is 6. The van der Waals surface area contributed by atoms with Gasteiger partial charge in [-0.25, -0.2) is 0 Å². The molecule has 0 aliphatic heterocycles. The lowest BCUT2D eigenvalue weighted by atomic mass is 10.0. The van der Waals surface area contributed by atoms with Gasteiger partial charge in [-0.05, 0) is 35.9 Å². The zero-order valence-electron chi connectivity index (χ0n) is 12.5. The number of amides is 1. The van der Waals surface area contributed by atoms with E-state index in [1.165, 1.54) is 22.5 Å². The number of thiophene rings is 1. The van der Waals surface area contributed by atoms with E-state index in [0.29, 0.717) is 13.0 Å². The Morgan fingerprint density at radius 1 is 1.29 bits per heavy atom. The molecule has 4 heteroatoms. The molecule has 2 aromatic rings. The molecule has 1 atom stereocenters. The molecule has 0 spiro atoms. The van der Waals surface area contributed by atoms with Crippen LogP contribution in [0.15, 0.2) is 41.8 Å². The van der Waals surface area contributed by atoms with E-state index >= 15 is 0 Å². The SMILES string of the molecule is Cc1ccccc1CCC(=O)N(C)CC(O)c1cccs1. The Bertz CT molecular complexity index is 580. The third-order valence-electron chi connectivity index (χ3n) is 3.61. The van der Waals surface area contributed by atoms with Gasteiger partial charge in [-0.15, -0.1) is 11.3 Å². The van der Waals surface area contributed by atoms with Crippen LogP contribution < -0.4 is 0 Å². The van der Waals surface area contributed by atoms with Crippen molar-refractivity contribution in [1.82, 2.24) is 4.90 Å². The minimum absolute atomic E-state index is 0.0638. The summed E-state index contributed by atoms with van der Waals surface area (Å²) in [7, 11) is 1.75. The third-order valence-corrected chi connectivity index (χ3v) is 4.59. The molecule has 0 fully saturated rings. The van der Waals surface area contributed by atoms with Gasteiger partial charge in [-0.3, -0.25) is 4.79 Å². The highest BCUT2D eigenvalue weighted by atomic mass is 32.1. The minimum Gasteiger partial charge on any atom is -0.386 e. The van der Waals surface area contributed by atoms with Gasteiger partial charge in [-0.1, -0.05) is 30.3 Å². The van der Waals surface area contributed by atoms with Crippen LogP contribution in [0.5, 0.6) is 0 Å². The maximum absolute atomic E-state index is 12.2. The summed E-state index contributed by atoms with van der Waals surface area (Å²) in [5.41, 5.74) is 2.42. The Balaban J connectivity index is 1.84. The molecule has 1 aromatic carbocycles. The van der Waals surface area contributed by atoms with Gasteiger partial charge in [0, 0.05) is 18.3 Å². The van der Waals surface area contributed by atoms with Crippen molar-refractivity contribution in [3.05, 3.63) is 57.8 Å². The van der Waals surface area contributed by atoms with Gasteiger partial charge in [0.2, 0.25) is 5.91 Å². The number of hydrogen-bond acceptors (Lipinski definition) is 3. The van der Waals surface area contributed by atoms with Crippen LogP contribution in [0.3, 0.4) is 0 Å². The number of aliphatic hydroxyl groups excluding tert-OH is 1. The highest BCUT2D eigenvalue weighted by Gasteiger charge is 2.15. The lowest BCUT2D eigenvalue weighted by Crippen LogP contribution is -2.31. The lowest BCUT2D eigenvalue weighted by Gasteiger charge is -2.20. The molecule has 0 saturated heterocycles. The maximum Gasteiger partial charge on any atom is 0.222 e. The smallest absolute Gasteiger partial charge is 0.222 e. The van der Waals surface area contributed by atoms with Crippen LogP contribution in [0.4, 0.5) is 0 Å². The van der Waals surface area contributed by atoms with E-state index in [1.807, 2.05) is 29.6 Å². The number of carbonyl (C=O) groups is 1. The minimum atomic E-state index is -0.600. The standard InChI is InChI=1S/C17H21NO2S/c1-13-6-3-4-7-14(13)9-10-17(20)18(2)12-15(19)16-8-5-11-21-16/h3-8,11,15,19H,9-10,12H2,1-2H3. The first-order valence-electron chi connectivity index (χ1n) is 7.08. The van der Waals surface area contributed by atoms with Gasteiger partial charge in [0.05, 0.1) is 6.54 Å². The summed E-state index contributed by atoms with van der Waals surface area (Å²) < 4.78 is 0. The zero-order chi connectivity index (χ0) is 15.2. The van der Waals surface area contributed by atoms with Crippen LogP contribution in [0.2, 0.25) is 0 Å². The second kappa shape index (κ2) is 7.38. The molecular formula is C17H21NO2S. The van der Waals surface area contributed by atoms with Crippen molar-refractivity contribution >= 4 is 17.2 Å². The Hall–Kier alpha value is -1.65. The number of nitrogens with zero attached hydrogens (tertiary/aromatic N) is 1. The molecule has 21 heavy (non-hydrogen) atoms. The third kappa shape index (κ3) is 4.41. The molecule has 1 N–H and O–H groups in total. The fraction of sp³-hybridized carbons (Fsp3) is 0.353. The van der Waals surface area contributed by atoms with Crippen LogP contribution in [-0.4, -0.2) is 29.5 Å². The Labute approximate surface area is 129 Å². The highest BCUT2D eigenvalue weighted by molar-refractivity contribution is 7.10. The molecule has 0 aliphatic carbocycles. The largest absolute Gasteiger partial charge is 0.386 e. The quantitative estimate of drug-likeness (QED) is 0.890. The van der Waals surface area contributed by atoms with Gasteiger partial charge in [0.1, 0.15) is 6.10 Å². The van der Waals surface area contributed by atoms with Crippen molar-refractivity contribution in [3.63, 3.8) is 0 Å². The van der Waals surface area contributed by atoms with Crippen LogP contribution in [-0.2, 0) is 11.2 Å². The first kappa shape index (κ1) is 15.7.